The van der Waals surface area contributed by atoms with Crippen LogP contribution >= 0.6 is 11.3 Å². The standard InChI is InChI=1S/C9H13N7OS/c1-5(2)8-12-13-9(18-8)10-7(17)4-6-11-14-15-16(6)3/h5H,4H2,1-3H3,(H,10,13,17). The maximum absolute atomic E-state index is 11.7. The summed E-state index contributed by atoms with van der Waals surface area (Å²) in [7, 11) is 1.68. The van der Waals surface area contributed by atoms with Crippen LogP contribution in [0, 0.1) is 0 Å². The van der Waals surface area contributed by atoms with Crippen molar-refractivity contribution in [2.24, 2.45) is 7.05 Å². The second-order valence-electron chi connectivity index (χ2n) is 4.04. The van der Waals surface area contributed by atoms with Crippen molar-refractivity contribution in [3.63, 3.8) is 0 Å². The van der Waals surface area contributed by atoms with Gasteiger partial charge < -0.3 is 5.32 Å². The molecular formula is C9H13N7OS. The molecule has 9 heteroatoms. The third-order valence-electron chi connectivity index (χ3n) is 2.21. The number of nitrogens with one attached hydrogen (secondary N) is 1. The van der Waals surface area contributed by atoms with Crippen LogP contribution in [0.4, 0.5) is 5.13 Å². The Labute approximate surface area is 107 Å². The first kappa shape index (κ1) is 12.6. The third kappa shape index (κ3) is 2.86. The highest BCUT2D eigenvalue weighted by atomic mass is 32.1. The van der Waals surface area contributed by atoms with Gasteiger partial charge in [-0.1, -0.05) is 25.2 Å². The molecule has 0 spiro atoms. The molecule has 2 rings (SSSR count). The number of aryl methyl sites for hydroxylation is 1. The van der Waals surface area contributed by atoms with E-state index in [0.717, 1.165) is 5.01 Å². The predicted molar refractivity (Wildman–Crippen MR) is 65.1 cm³/mol. The van der Waals surface area contributed by atoms with Crippen molar-refractivity contribution < 1.29 is 4.79 Å². The first-order chi connectivity index (χ1) is 8.56. The fraction of sp³-hybridized carbons (Fsp3) is 0.556. The summed E-state index contributed by atoms with van der Waals surface area (Å²) in [6.07, 6.45) is 0.111. The van der Waals surface area contributed by atoms with E-state index in [0.29, 0.717) is 16.9 Å². The van der Waals surface area contributed by atoms with E-state index in [1.165, 1.54) is 16.0 Å². The Morgan fingerprint density at radius 1 is 1.39 bits per heavy atom. The van der Waals surface area contributed by atoms with Gasteiger partial charge in [0.15, 0.2) is 5.82 Å². The molecule has 0 saturated heterocycles. The lowest BCUT2D eigenvalue weighted by Gasteiger charge is -1.99. The number of aromatic nitrogens is 6. The van der Waals surface area contributed by atoms with Gasteiger partial charge in [-0.3, -0.25) is 4.79 Å². The molecule has 0 aliphatic carbocycles. The molecule has 1 amide bonds. The SMILES string of the molecule is CC(C)c1nnc(NC(=O)Cc2nnnn2C)s1. The Balaban J connectivity index is 1.97. The van der Waals surface area contributed by atoms with Gasteiger partial charge in [-0.25, -0.2) is 4.68 Å². The summed E-state index contributed by atoms with van der Waals surface area (Å²) in [6, 6.07) is 0. The number of rotatable bonds is 4. The lowest BCUT2D eigenvalue weighted by molar-refractivity contribution is -0.115. The van der Waals surface area contributed by atoms with Gasteiger partial charge in [0, 0.05) is 13.0 Å². The van der Waals surface area contributed by atoms with Crippen molar-refractivity contribution in [1.29, 1.82) is 0 Å². The number of carbonyl (C=O) groups excluding carboxylic acids is 1. The van der Waals surface area contributed by atoms with Crippen LogP contribution in [0.3, 0.4) is 0 Å². The highest BCUT2D eigenvalue weighted by Crippen LogP contribution is 2.22. The van der Waals surface area contributed by atoms with Crippen LogP contribution in [0.1, 0.15) is 30.6 Å². The summed E-state index contributed by atoms with van der Waals surface area (Å²) in [6.45, 7) is 4.05. The molecule has 0 aliphatic rings. The Morgan fingerprint density at radius 2 is 2.17 bits per heavy atom. The molecule has 0 aliphatic heterocycles. The van der Waals surface area contributed by atoms with E-state index in [-0.39, 0.29) is 12.3 Å². The Kier molecular flexibility index (Phi) is 3.60. The summed E-state index contributed by atoms with van der Waals surface area (Å²) in [5.41, 5.74) is 0. The van der Waals surface area contributed by atoms with E-state index in [2.05, 4.69) is 31.0 Å². The molecular weight excluding hydrogens is 254 g/mol. The highest BCUT2D eigenvalue weighted by molar-refractivity contribution is 7.15. The molecule has 0 radical (unpaired) electrons. The molecule has 0 bridgehead atoms. The van der Waals surface area contributed by atoms with Crippen LogP contribution in [-0.2, 0) is 18.3 Å². The molecule has 2 aromatic rings. The topological polar surface area (TPSA) is 98.5 Å². The van der Waals surface area contributed by atoms with Crippen molar-refractivity contribution >= 4 is 22.4 Å². The van der Waals surface area contributed by atoms with E-state index in [1.54, 1.807) is 7.05 Å². The quantitative estimate of drug-likeness (QED) is 0.859. The predicted octanol–water partition coefficient (Wildman–Crippen LogP) is 0.366. The third-order valence-corrected chi connectivity index (χ3v) is 3.35. The van der Waals surface area contributed by atoms with Gasteiger partial charge in [0.25, 0.3) is 0 Å². The van der Waals surface area contributed by atoms with Gasteiger partial charge in [-0.05, 0) is 10.4 Å². The molecule has 18 heavy (non-hydrogen) atoms. The van der Waals surface area contributed by atoms with Crippen LogP contribution < -0.4 is 5.32 Å². The molecule has 0 saturated carbocycles. The van der Waals surface area contributed by atoms with Crippen molar-refractivity contribution in [3.8, 4) is 0 Å². The largest absolute Gasteiger partial charge is 0.300 e. The average molecular weight is 267 g/mol. The van der Waals surface area contributed by atoms with Crippen LogP contribution in [-0.4, -0.2) is 36.3 Å². The zero-order chi connectivity index (χ0) is 13.1. The fourth-order valence-electron chi connectivity index (χ4n) is 1.22. The van der Waals surface area contributed by atoms with Crippen molar-refractivity contribution in [1.82, 2.24) is 30.4 Å². The molecule has 2 aromatic heterocycles. The van der Waals surface area contributed by atoms with E-state index in [4.69, 9.17) is 0 Å². The zero-order valence-electron chi connectivity index (χ0n) is 10.3. The number of nitrogens with zero attached hydrogens (tertiary/aromatic N) is 6. The highest BCUT2D eigenvalue weighted by Gasteiger charge is 2.13. The Hall–Kier alpha value is -1.90. The maximum Gasteiger partial charge on any atom is 0.233 e. The lowest BCUT2D eigenvalue weighted by atomic mass is 10.2. The van der Waals surface area contributed by atoms with Crippen molar-refractivity contribution in [2.45, 2.75) is 26.2 Å². The number of hydrogen-bond acceptors (Lipinski definition) is 7. The number of carbonyl (C=O) groups is 1. The Bertz CT molecular complexity index is 547. The monoisotopic (exact) mass is 267 g/mol. The summed E-state index contributed by atoms with van der Waals surface area (Å²) in [5.74, 6) is 0.594. The van der Waals surface area contributed by atoms with Crippen molar-refractivity contribution in [3.05, 3.63) is 10.8 Å². The van der Waals surface area contributed by atoms with Crippen LogP contribution in [0.2, 0.25) is 0 Å². The molecule has 0 atom stereocenters. The Morgan fingerprint density at radius 3 is 2.72 bits per heavy atom. The minimum atomic E-state index is -0.209. The summed E-state index contributed by atoms with van der Waals surface area (Å²) < 4.78 is 1.46. The molecule has 0 fully saturated rings. The first-order valence-corrected chi connectivity index (χ1v) is 6.22. The maximum atomic E-state index is 11.7. The second kappa shape index (κ2) is 5.17. The van der Waals surface area contributed by atoms with Crippen LogP contribution in [0.25, 0.3) is 0 Å². The first-order valence-electron chi connectivity index (χ1n) is 5.40. The minimum Gasteiger partial charge on any atom is -0.300 e. The van der Waals surface area contributed by atoms with Crippen molar-refractivity contribution in [2.75, 3.05) is 5.32 Å². The van der Waals surface area contributed by atoms with E-state index in [9.17, 15) is 4.79 Å². The number of tetrazole rings is 1. The average Bonchev–Trinajstić information content (AvgIpc) is 2.89. The van der Waals surface area contributed by atoms with Gasteiger partial charge >= 0.3 is 0 Å². The second-order valence-corrected chi connectivity index (χ2v) is 5.05. The zero-order valence-corrected chi connectivity index (χ0v) is 11.1. The number of hydrogen-bond donors (Lipinski definition) is 1. The lowest BCUT2D eigenvalue weighted by Crippen LogP contribution is -2.17. The molecule has 2 heterocycles. The van der Waals surface area contributed by atoms with E-state index in [1.807, 2.05) is 13.8 Å². The number of anilines is 1. The van der Waals surface area contributed by atoms with E-state index < -0.39 is 0 Å². The summed E-state index contributed by atoms with van der Waals surface area (Å²) in [5, 5.41) is 22.8. The summed E-state index contributed by atoms with van der Waals surface area (Å²) >= 11 is 1.37. The van der Waals surface area contributed by atoms with Gasteiger partial charge in [0.05, 0.1) is 6.42 Å². The van der Waals surface area contributed by atoms with Gasteiger partial charge in [-0.2, -0.15) is 0 Å². The number of amides is 1. The molecule has 0 unspecified atom stereocenters. The van der Waals surface area contributed by atoms with Crippen LogP contribution in [0.5, 0.6) is 0 Å². The molecule has 8 nitrogen and oxygen atoms in total. The van der Waals surface area contributed by atoms with Crippen LogP contribution in [0.15, 0.2) is 0 Å². The van der Waals surface area contributed by atoms with Gasteiger partial charge in [0.1, 0.15) is 5.01 Å². The van der Waals surface area contributed by atoms with Gasteiger partial charge in [-0.15, -0.1) is 15.3 Å². The molecule has 96 valence electrons. The normalized spacial score (nSPS) is 10.9. The summed E-state index contributed by atoms with van der Waals surface area (Å²) in [4.78, 5) is 11.7. The molecule has 0 aromatic carbocycles. The molecule has 1 N–H and O–H groups in total. The van der Waals surface area contributed by atoms with Gasteiger partial charge in [0.2, 0.25) is 11.0 Å². The van der Waals surface area contributed by atoms with E-state index >= 15 is 0 Å². The fourth-order valence-corrected chi connectivity index (χ4v) is 1.99. The minimum absolute atomic E-state index is 0.111. The smallest absolute Gasteiger partial charge is 0.233 e.